The Bertz CT molecular complexity index is 691. The van der Waals surface area contributed by atoms with E-state index in [2.05, 4.69) is 10.2 Å². The van der Waals surface area contributed by atoms with Crippen LogP contribution in [0.1, 0.15) is 53.7 Å². The van der Waals surface area contributed by atoms with E-state index in [1.54, 1.807) is 12.1 Å². The minimum absolute atomic E-state index is 0.110. The minimum Gasteiger partial charge on any atom is -0.346 e. The summed E-state index contributed by atoms with van der Waals surface area (Å²) in [5, 5.41) is 2.96. The fourth-order valence-corrected chi connectivity index (χ4v) is 3.25. The zero-order valence-electron chi connectivity index (χ0n) is 14.7. The van der Waals surface area contributed by atoms with Gasteiger partial charge in [0, 0.05) is 12.1 Å². The van der Waals surface area contributed by atoms with E-state index in [4.69, 9.17) is 0 Å². The number of nitrogens with zero attached hydrogens (tertiary/aromatic N) is 1. The van der Waals surface area contributed by atoms with Crippen LogP contribution in [0.3, 0.4) is 0 Å². The van der Waals surface area contributed by atoms with Gasteiger partial charge in [-0.25, -0.2) is 4.39 Å². The average Bonchev–Trinajstić information content (AvgIpc) is 2.63. The lowest BCUT2D eigenvalue weighted by Crippen LogP contribution is -2.29. The fourth-order valence-electron chi connectivity index (χ4n) is 3.25. The number of piperidine rings is 1. The molecule has 1 saturated heterocycles. The number of carbonyl (C=O) groups excluding carboxylic acids is 1. The second kappa shape index (κ2) is 8.26. The molecule has 1 N–H and O–H groups in total. The van der Waals surface area contributed by atoms with Crippen LogP contribution in [0.5, 0.6) is 0 Å². The Labute approximate surface area is 148 Å². The van der Waals surface area contributed by atoms with Crippen LogP contribution in [0.25, 0.3) is 0 Å². The molecule has 1 amide bonds. The van der Waals surface area contributed by atoms with Gasteiger partial charge >= 0.3 is 0 Å². The Hall–Kier alpha value is -2.20. The van der Waals surface area contributed by atoms with E-state index < -0.39 is 0 Å². The molecule has 1 aliphatic heterocycles. The third-order valence-corrected chi connectivity index (χ3v) is 4.79. The highest BCUT2D eigenvalue weighted by atomic mass is 19.1. The Morgan fingerprint density at radius 1 is 1.04 bits per heavy atom. The van der Waals surface area contributed by atoms with Gasteiger partial charge in [-0.3, -0.25) is 9.69 Å². The van der Waals surface area contributed by atoms with E-state index in [1.807, 2.05) is 31.2 Å². The van der Waals surface area contributed by atoms with Crippen molar-refractivity contribution in [1.82, 2.24) is 10.2 Å². The summed E-state index contributed by atoms with van der Waals surface area (Å²) < 4.78 is 13.0. The van der Waals surface area contributed by atoms with Gasteiger partial charge < -0.3 is 5.32 Å². The molecule has 0 unspecified atom stereocenters. The number of amides is 1. The molecule has 0 radical (unpaired) electrons. The van der Waals surface area contributed by atoms with Gasteiger partial charge in [-0.05, 0) is 68.2 Å². The molecule has 132 valence electrons. The molecule has 3 rings (SSSR count). The summed E-state index contributed by atoms with van der Waals surface area (Å²) >= 11 is 0. The predicted octanol–water partition coefficient (Wildman–Crippen LogP) is 4.30. The number of halogens is 1. The maximum atomic E-state index is 13.0. The number of benzene rings is 2. The summed E-state index contributed by atoms with van der Waals surface area (Å²) in [4.78, 5) is 14.9. The van der Waals surface area contributed by atoms with Crippen LogP contribution in [0.2, 0.25) is 0 Å². The molecule has 1 heterocycles. The highest BCUT2D eigenvalue weighted by molar-refractivity contribution is 5.94. The minimum atomic E-state index is -0.272. The Balaban J connectivity index is 1.57. The standard InChI is InChI=1S/C21H25FN2O/c1-16(18-9-11-20(22)12-10-18)23-21(25)19-7-5-17(6-8-19)15-24-13-3-2-4-14-24/h5-12,16H,2-4,13-15H2,1H3,(H,23,25)/t16-/m0/s1. The molecule has 4 heteroatoms. The van der Waals surface area contributed by atoms with E-state index in [0.29, 0.717) is 5.56 Å². The van der Waals surface area contributed by atoms with Crippen molar-refractivity contribution < 1.29 is 9.18 Å². The average molecular weight is 340 g/mol. The first-order chi connectivity index (χ1) is 12.1. The lowest BCUT2D eigenvalue weighted by atomic mass is 10.1. The molecular weight excluding hydrogens is 315 g/mol. The summed E-state index contributed by atoms with van der Waals surface area (Å²) in [6, 6.07) is 13.9. The summed E-state index contributed by atoms with van der Waals surface area (Å²) in [6.45, 7) is 5.18. The van der Waals surface area contributed by atoms with E-state index in [-0.39, 0.29) is 17.8 Å². The summed E-state index contributed by atoms with van der Waals surface area (Å²) in [5.74, 6) is -0.382. The number of hydrogen-bond donors (Lipinski definition) is 1. The van der Waals surface area contributed by atoms with Crippen molar-refractivity contribution in [1.29, 1.82) is 0 Å². The largest absolute Gasteiger partial charge is 0.346 e. The van der Waals surface area contributed by atoms with Crippen LogP contribution in [0.15, 0.2) is 48.5 Å². The predicted molar refractivity (Wildman–Crippen MR) is 97.9 cm³/mol. The highest BCUT2D eigenvalue weighted by Gasteiger charge is 2.13. The number of rotatable bonds is 5. The van der Waals surface area contributed by atoms with Crippen molar-refractivity contribution in [2.24, 2.45) is 0 Å². The van der Waals surface area contributed by atoms with Gasteiger partial charge in [0.1, 0.15) is 5.82 Å². The number of carbonyl (C=O) groups is 1. The Morgan fingerprint density at radius 3 is 2.32 bits per heavy atom. The van der Waals surface area contributed by atoms with Gasteiger partial charge in [0.2, 0.25) is 0 Å². The number of nitrogens with one attached hydrogen (secondary N) is 1. The van der Waals surface area contributed by atoms with Gasteiger partial charge in [-0.2, -0.15) is 0 Å². The summed E-state index contributed by atoms with van der Waals surface area (Å²) in [7, 11) is 0. The van der Waals surface area contributed by atoms with Crippen LogP contribution in [0.4, 0.5) is 4.39 Å². The van der Waals surface area contributed by atoms with Crippen LogP contribution < -0.4 is 5.32 Å². The normalized spacial score (nSPS) is 16.4. The smallest absolute Gasteiger partial charge is 0.251 e. The lowest BCUT2D eigenvalue weighted by Gasteiger charge is -2.26. The Kier molecular flexibility index (Phi) is 5.82. The summed E-state index contributed by atoms with van der Waals surface area (Å²) in [6.07, 6.45) is 3.89. The molecule has 0 spiro atoms. The second-order valence-corrected chi connectivity index (χ2v) is 6.78. The van der Waals surface area contributed by atoms with E-state index in [1.165, 1.54) is 37.0 Å². The number of likely N-dealkylation sites (tertiary alicyclic amines) is 1. The molecule has 0 aliphatic carbocycles. The third-order valence-electron chi connectivity index (χ3n) is 4.79. The SMILES string of the molecule is C[C@H](NC(=O)c1ccc(CN2CCCCC2)cc1)c1ccc(F)cc1. The van der Waals surface area contributed by atoms with Crippen LogP contribution in [-0.2, 0) is 6.54 Å². The van der Waals surface area contributed by atoms with Crippen molar-refractivity contribution in [3.05, 3.63) is 71.0 Å². The molecule has 0 saturated carbocycles. The maximum absolute atomic E-state index is 13.0. The first kappa shape index (κ1) is 17.6. The second-order valence-electron chi connectivity index (χ2n) is 6.78. The van der Waals surface area contributed by atoms with Gasteiger partial charge in [-0.1, -0.05) is 30.7 Å². The molecule has 0 aromatic heterocycles. The van der Waals surface area contributed by atoms with Gasteiger partial charge in [0.15, 0.2) is 0 Å². The fraction of sp³-hybridized carbons (Fsp3) is 0.381. The van der Waals surface area contributed by atoms with Gasteiger partial charge in [-0.15, -0.1) is 0 Å². The molecule has 2 aromatic carbocycles. The van der Waals surface area contributed by atoms with Crippen molar-refractivity contribution >= 4 is 5.91 Å². The molecule has 3 nitrogen and oxygen atoms in total. The first-order valence-corrected chi connectivity index (χ1v) is 8.99. The molecule has 1 atom stereocenters. The van der Waals surface area contributed by atoms with Crippen molar-refractivity contribution in [2.45, 2.75) is 38.8 Å². The zero-order chi connectivity index (χ0) is 17.6. The first-order valence-electron chi connectivity index (χ1n) is 8.99. The molecule has 0 bridgehead atoms. The quantitative estimate of drug-likeness (QED) is 0.880. The van der Waals surface area contributed by atoms with E-state index >= 15 is 0 Å². The number of hydrogen-bond acceptors (Lipinski definition) is 2. The Morgan fingerprint density at radius 2 is 1.68 bits per heavy atom. The third kappa shape index (κ3) is 4.89. The highest BCUT2D eigenvalue weighted by Crippen LogP contribution is 2.16. The zero-order valence-corrected chi connectivity index (χ0v) is 14.7. The van der Waals surface area contributed by atoms with Gasteiger partial charge in [0.05, 0.1) is 6.04 Å². The van der Waals surface area contributed by atoms with Crippen LogP contribution >= 0.6 is 0 Å². The monoisotopic (exact) mass is 340 g/mol. The van der Waals surface area contributed by atoms with Crippen molar-refractivity contribution in [2.75, 3.05) is 13.1 Å². The summed E-state index contributed by atoms with van der Waals surface area (Å²) in [5.41, 5.74) is 2.78. The topological polar surface area (TPSA) is 32.3 Å². The lowest BCUT2D eigenvalue weighted by molar-refractivity contribution is 0.0940. The molecule has 1 aliphatic rings. The van der Waals surface area contributed by atoms with Crippen molar-refractivity contribution in [3.63, 3.8) is 0 Å². The molecule has 1 fully saturated rings. The molecule has 2 aromatic rings. The molecular formula is C21H25FN2O. The van der Waals surface area contributed by atoms with Crippen LogP contribution in [0, 0.1) is 5.82 Å². The van der Waals surface area contributed by atoms with Gasteiger partial charge in [0.25, 0.3) is 5.91 Å². The molecule has 25 heavy (non-hydrogen) atoms. The van der Waals surface area contributed by atoms with E-state index in [9.17, 15) is 9.18 Å². The van der Waals surface area contributed by atoms with Crippen molar-refractivity contribution in [3.8, 4) is 0 Å². The maximum Gasteiger partial charge on any atom is 0.251 e. The van der Waals surface area contributed by atoms with E-state index in [0.717, 1.165) is 25.2 Å². The van der Waals surface area contributed by atoms with Crippen LogP contribution in [-0.4, -0.2) is 23.9 Å².